The fraction of sp³-hybridized carbons (Fsp3) is 0.353. The number of carbonyl (C=O) groups is 1. The molecule has 0 saturated heterocycles. The van der Waals surface area contributed by atoms with Crippen LogP contribution in [0.5, 0.6) is 0 Å². The van der Waals surface area contributed by atoms with Crippen molar-refractivity contribution in [1.29, 1.82) is 0 Å². The Labute approximate surface area is 164 Å². The van der Waals surface area contributed by atoms with Gasteiger partial charge in [0.2, 0.25) is 0 Å². The summed E-state index contributed by atoms with van der Waals surface area (Å²) in [6, 6.07) is 5.36. The van der Waals surface area contributed by atoms with Gasteiger partial charge < -0.3 is 10.8 Å². The lowest BCUT2D eigenvalue weighted by Gasteiger charge is -2.31. The van der Waals surface area contributed by atoms with Gasteiger partial charge in [0.1, 0.15) is 0 Å². The Hall–Kier alpha value is -0.960. The first kappa shape index (κ1) is 20.4. The van der Waals surface area contributed by atoms with Crippen molar-refractivity contribution in [1.82, 2.24) is 0 Å². The molecule has 5 nitrogen and oxygen atoms in total. The van der Waals surface area contributed by atoms with Crippen LogP contribution >= 0.6 is 31.9 Å². The van der Waals surface area contributed by atoms with Gasteiger partial charge in [0, 0.05) is 15.5 Å². The first-order chi connectivity index (χ1) is 11.5. The van der Waals surface area contributed by atoms with E-state index in [9.17, 15) is 18.3 Å². The Balaban J connectivity index is 2.41. The van der Waals surface area contributed by atoms with Gasteiger partial charge in [0.25, 0.3) is 0 Å². The van der Waals surface area contributed by atoms with E-state index in [1.807, 2.05) is 6.07 Å². The van der Waals surface area contributed by atoms with Crippen LogP contribution in [0.2, 0.25) is 0 Å². The second-order valence-corrected chi connectivity index (χ2v) is 9.96. The molecule has 8 heteroatoms. The highest BCUT2D eigenvalue weighted by molar-refractivity contribution is 9.12. The number of sulfone groups is 1. The van der Waals surface area contributed by atoms with E-state index in [4.69, 9.17) is 5.73 Å². The van der Waals surface area contributed by atoms with Crippen LogP contribution in [0.15, 0.2) is 44.2 Å². The fourth-order valence-corrected chi connectivity index (χ4v) is 6.09. The second-order valence-electron chi connectivity index (χ2n) is 6.29. The van der Waals surface area contributed by atoms with E-state index in [-0.39, 0.29) is 15.1 Å². The van der Waals surface area contributed by atoms with Gasteiger partial charge in [-0.2, -0.15) is 0 Å². The van der Waals surface area contributed by atoms with E-state index >= 15 is 0 Å². The minimum absolute atomic E-state index is 0.115. The summed E-state index contributed by atoms with van der Waals surface area (Å²) in [6.07, 6.45) is 2.96. The number of rotatable bonds is 5. The zero-order valence-electron chi connectivity index (χ0n) is 13.8. The molecule has 2 rings (SSSR count). The minimum atomic E-state index is -3.66. The SMILES string of the molecule is CC1C=C(S(=O)(=O)Cc2cc(CN)ccc2Br)C(Br)=CC1(C)C(=O)O. The first-order valence-electron chi connectivity index (χ1n) is 7.55. The van der Waals surface area contributed by atoms with E-state index in [1.165, 1.54) is 12.2 Å². The zero-order chi connectivity index (χ0) is 19.0. The van der Waals surface area contributed by atoms with Crippen molar-refractivity contribution >= 4 is 47.7 Å². The maximum atomic E-state index is 12.9. The maximum absolute atomic E-state index is 12.9. The van der Waals surface area contributed by atoms with Crippen molar-refractivity contribution in [3.05, 3.63) is 55.3 Å². The molecular weight excluding hydrogens is 474 g/mol. The van der Waals surface area contributed by atoms with Crippen molar-refractivity contribution in [3.8, 4) is 0 Å². The Bertz CT molecular complexity index is 877. The molecule has 0 aromatic heterocycles. The highest BCUT2D eigenvalue weighted by Crippen LogP contribution is 2.42. The zero-order valence-corrected chi connectivity index (χ0v) is 17.8. The van der Waals surface area contributed by atoms with Crippen molar-refractivity contribution in [3.63, 3.8) is 0 Å². The van der Waals surface area contributed by atoms with Gasteiger partial charge in [-0.25, -0.2) is 8.42 Å². The molecule has 0 amide bonds. The molecule has 1 aromatic carbocycles. The van der Waals surface area contributed by atoms with Crippen LogP contribution in [-0.2, 0) is 26.9 Å². The van der Waals surface area contributed by atoms with Gasteiger partial charge in [-0.3, -0.25) is 4.79 Å². The molecule has 25 heavy (non-hydrogen) atoms. The summed E-state index contributed by atoms with van der Waals surface area (Å²) in [6.45, 7) is 3.59. The lowest BCUT2D eigenvalue weighted by Crippen LogP contribution is -2.34. The monoisotopic (exact) mass is 491 g/mol. The molecule has 0 saturated carbocycles. The van der Waals surface area contributed by atoms with Crippen molar-refractivity contribution in [2.24, 2.45) is 17.1 Å². The number of benzene rings is 1. The number of carboxylic acid groups (broad SMARTS) is 1. The third-order valence-corrected chi connectivity index (χ3v) is 7.91. The van der Waals surface area contributed by atoms with Gasteiger partial charge in [-0.15, -0.1) is 0 Å². The number of carboxylic acids is 1. The summed E-state index contributed by atoms with van der Waals surface area (Å²) in [4.78, 5) is 11.6. The Kier molecular flexibility index (Phi) is 5.98. The molecule has 0 radical (unpaired) electrons. The number of hydrogen-bond donors (Lipinski definition) is 2. The second kappa shape index (κ2) is 7.34. The highest BCUT2D eigenvalue weighted by Gasteiger charge is 2.41. The summed E-state index contributed by atoms with van der Waals surface area (Å²) >= 11 is 6.61. The standard InChI is InChI=1S/C17H19Br2NO4S/c1-10-5-15(14(19)7-17(10,2)16(21)22)25(23,24)9-12-6-11(8-20)3-4-13(12)18/h3-7,10H,8-9,20H2,1-2H3,(H,21,22). The van der Waals surface area contributed by atoms with Gasteiger partial charge >= 0.3 is 5.97 Å². The van der Waals surface area contributed by atoms with Crippen LogP contribution in [0.3, 0.4) is 0 Å². The third kappa shape index (κ3) is 4.07. The summed E-state index contributed by atoms with van der Waals surface area (Å²) < 4.78 is 26.8. The molecule has 1 aliphatic carbocycles. The number of aliphatic carboxylic acids is 1. The Morgan fingerprint density at radius 2 is 2.00 bits per heavy atom. The average molecular weight is 493 g/mol. The summed E-state index contributed by atoms with van der Waals surface area (Å²) in [5, 5.41) is 9.44. The van der Waals surface area contributed by atoms with Crippen LogP contribution in [0, 0.1) is 11.3 Å². The lowest BCUT2D eigenvalue weighted by molar-refractivity contribution is -0.146. The molecule has 0 fully saturated rings. The predicted molar refractivity (Wildman–Crippen MR) is 105 cm³/mol. The van der Waals surface area contributed by atoms with Gasteiger partial charge in [0.15, 0.2) is 9.84 Å². The molecule has 136 valence electrons. The van der Waals surface area contributed by atoms with E-state index in [0.29, 0.717) is 16.6 Å². The highest BCUT2D eigenvalue weighted by atomic mass is 79.9. The lowest BCUT2D eigenvalue weighted by atomic mass is 9.75. The number of nitrogens with two attached hydrogens (primary N) is 1. The summed E-state index contributed by atoms with van der Waals surface area (Å²) in [5.41, 5.74) is 5.93. The van der Waals surface area contributed by atoms with Gasteiger partial charge in [-0.05, 0) is 46.0 Å². The summed E-state index contributed by atoms with van der Waals surface area (Å²) in [5.74, 6) is -1.66. The average Bonchev–Trinajstić information content (AvgIpc) is 2.52. The predicted octanol–water partition coefficient (Wildman–Crippen LogP) is 3.73. The van der Waals surface area contributed by atoms with E-state index in [0.717, 1.165) is 5.56 Å². The normalized spacial score (nSPS) is 23.8. The van der Waals surface area contributed by atoms with Crippen molar-refractivity contribution in [2.75, 3.05) is 0 Å². The molecule has 1 aromatic rings. The smallest absolute Gasteiger partial charge is 0.313 e. The van der Waals surface area contributed by atoms with Crippen LogP contribution in [0.4, 0.5) is 0 Å². The molecule has 0 bridgehead atoms. The molecule has 0 heterocycles. The van der Waals surface area contributed by atoms with Crippen molar-refractivity contribution < 1.29 is 18.3 Å². The molecule has 3 N–H and O–H groups in total. The van der Waals surface area contributed by atoms with E-state index < -0.39 is 27.1 Å². The van der Waals surface area contributed by atoms with Crippen LogP contribution in [0.25, 0.3) is 0 Å². The molecule has 2 unspecified atom stereocenters. The molecular formula is C17H19Br2NO4S. The van der Waals surface area contributed by atoms with E-state index in [1.54, 1.807) is 26.0 Å². The fourth-order valence-electron chi connectivity index (χ4n) is 2.60. The Morgan fingerprint density at radius 1 is 1.36 bits per heavy atom. The number of allylic oxidation sites excluding steroid dienone is 2. The van der Waals surface area contributed by atoms with Gasteiger partial charge in [-0.1, -0.05) is 47.1 Å². The summed E-state index contributed by atoms with van der Waals surface area (Å²) in [7, 11) is -3.66. The number of halogens is 2. The van der Waals surface area contributed by atoms with Crippen LogP contribution in [-0.4, -0.2) is 19.5 Å². The largest absolute Gasteiger partial charge is 0.481 e. The molecule has 0 aliphatic heterocycles. The molecule has 1 aliphatic rings. The third-order valence-electron chi connectivity index (χ3n) is 4.50. The van der Waals surface area contributed by atoms with Crippen LogP contribution in [0.1, 0.15) is 25.0 Å². The topological polar surface area (TPSA) is 97.5 Å². The van der Waals surface area contributed by atoms with E-state index in [2.05, 4.69) is 31.9 Å². The minimum Gasteiger partial charge on any atom is -0.481 e. The molecule has 2 atom stereocenters. The first-order valence-corrected chi connectivity index (χ1v) is 10.8. The number of hydrogen-bond acceptors (Lipinski definition) is 4. The van der Waals surface area contributed by atoms with Crippen LogP contribution < -0.4 is 5.73 Å². The Morgan fingerprint density at radius 3 is 2.56 bits per heavy atom. The van der Waals surface area contributed by atoms with Gasteiger partial charge in [0.05, 0.1) is 16.1 Å². The molecule has 0 spiro atoms. The van der Waals surface area contributed by atoms with Crippen molar-refractivity contribution in [2.45, 2.75) is 26.1 Å². The maximum Gasteiger partial charge on any atom is 0.313 e. The quantitative estimate of drug-likeness (QED) is 0.652.